The van der Waals surface area contributed by atoms with Crippen molar-refractivity contribution in [2.45, 2.75) is 51.9 Å². The van der Waals surface area contributed by atoms with E-state index in [4.69, 9.17) is 5.73 Å². The summed E-state index contributed by atoms with van der Waals surface area (Å²) in [5.41, 5.74) is 6.98. The first-order chi connectivity index (χ1) is 11.4. The molecule has 1 saturated heterocycles. The van der Waals surface area contributed by atoms with E-state index >= 15 is 0 Å². The van der Waals surface area contributed by atoms with Gasteiger partial charge in [0.05, 0.1) is 11.4 Å². The summed E-state index contributed by atoms with van der Waals surface area (Å²) >= 11 is 0. The number of nitrogens with zero attached hydrogens (tertiary/aromatic N) is 1. The monoisotopic (exact) mass is 353 g/mol. The number of unbranched alkanes of at least 4 members (excludes halogenated alkanes) is 3. The molecular weight excluding hydrogens is 326 g/mol. The Morgan fingerprint density at radius 1 is 1.21 bits per heavy atom. The molecule has 3 N–H and O–H groups in total. The number of carbonyl (C=O) groups is 1. The zero-order valence-corrected chi connectivity index (χ0v) is 15.1. The quantitative estimate of drug-likeness (QED) is 0.405. The van der Waals surface area contributed by atoms with Crippen LogP contribution in [-0.2, 0) is 10.2 Å². The number of benzene rings is 1. The molecule has 7 heteroatoms. The molecule has 1 aromatic carbocycles. The Kier molecular flexibility index (Phi) is 6.62. The predicted molar refractivity (Wildman–Crippen MR) is 97.3 cm³/mol. The van der Waals surface area contributed by atoms with Gasteiger partial charge in [-0.05, 0) is 37.5 Å². The van der Waals surface area contributed by atoms with Crippen LogP contribution in [0.1, 0.15) is 62.2 Å². The zero-order valence-electron chi connectivity index (χ0n) is 14.3. The Morgan fingerprint density at radius 3 is 2.58 bits per heavy atom. The highest BCUT2D eigenvalue weighted by atomic mass is 32.2. The lowest BCUT2D eigenvalue weighted by Gasteiger charge is -2.18. The van der Waals surface area contributed by atoms with Crippen molar-refractivity contribution in [2.75, 3.05) is 23.5 Å². The number of hydrogen-bond acceptors (Lipinski definition) is 4. The van der Waals surface area contributed by atoms with Gasteiger partial charge in [0.15, 0.2) is 5.78 Å². The minimum atomic E-state index is -3.61. The molecule has 0 bridgehead atoms. The van der Waals surface area contributed by atoms with Crippen LogP contribution in [0.15, 0.2) is 18.2 Å². The lowest BCUT2D eigenvalue weighted by Crippen LogP contribution is -2.33. The van der Waals surface area contributed by atoms with Crippen molar-refractivity contribution in [1.82, 2.24) is 4.31 Å². The van der Waals surface area contributed by atoms with E-state index in [0.29, 0.717) is 30.8 Å². The number of nitrogens with two attached hydrogens (primary N) is 1. The summed E-state index contributed by atoms with van der Waals surface area (Å²) in [7, 11) is -3.61. The number of ketones is 1. The fourth-order valence-corrected chi connectivity index (χ4v) is 4.13. The van der Waals surface area contributed by atoms with Gasteiger partial charge in [0.25, 0.3) is 0 Å². The summed E-state index contributed by atoms with van der Waals surface area (Å²) in [6.45, 7) is 3.16. The summed E-state index contributed by atoms with van der Waals surface area (Å²) in [6, 6.07) is 4.79. The topological polar surface area (TPSA) is 92.5 Å². The highest BCUT2D eigenvalue weighted by Crippen LogP contribution is 2.24. The van der Waals surface area contributed by atoms with Crippen LogP contribution < -0.4 is 10.5 Å². The fraction of sp³-hybridized carbons (Fsp3) is 0.588. The average molecular weight is 353 g/mol. The Hall–Kier alpha value is -1.60. The lowest BCUT2D eigenvalue weighted by molar-refractivity contribution is 0.0979. The molecule has 0 saturated carbocycles. The number of rotatable bonds is 9. The third kappa shape index (κ3) is 4.95. The number of carbonyl (C=O) groups excluding carboxylic acids is 1. The van der Waals surface area contributed by atoms with Crippen LogP contribution in [0.25, 0.3) is 0 Å². The molecule has 1 aliphatic heterocycles. The molecule has 2 rings (SSSR count). The van der Waals surface area contributed by atoms with E-state index in [1.165, 1.54) is 4.31 Å². The maximum absolute atomic E-state index is 12.4. The van der Waals surface area contributed by atoms with Crippen molar-refractivity contribution < 1.29 is 13.2 Å². The van der Waals surface area contributed by atoms with Crippen molar-refractivity contribution in [2.24, 2.45) is 0 Å². The summed E-state index contributed by atoms with van der Waals surface area (Å²) in [4.78, 5) is 12.3. The van der Waals surface area contributed by atoms with Crippen molar-refractivity contribution in [1.29, 1.82) is 0 Å². The van der Waals surface area contributed by atoms with Gasteiger partial charge in [0.2, 0.25) is 0 Å². The van der Waals surface area contributed by atoms with Crippen molar-refractivity contribution in [3.8, 4) is 0 Å². The maximum atomic E-state index is 12.4. The largest absolute Gasteiger partial charge is 0.397 e. The normalized spacial score (nSPS) is 15.5. The van der Waals surface area contributed by atoms with Gasteiger partial charge in [-0.15, -0.1) is 0 Å². The van der Waals surface area contributed by atoms with Gasteiger partial charge in [-0.3, -0.25) is 9.52 Å². The standard InChI is InChI=1S/C17H27N3O3S/c1-2-3-4-5-8-17(21)14-9-10-15(18)16(13-14)19-24(22,23)20-11-6-7-12-20/h9-10,13,19H,2-8,11-12,18H2,1H3. The van der Waals surface area contributed by atoms with Crippen molar-refractivity contribution in [3.05, 3.63) is 23.8 Å². The van der Waals surface area contributed by atoms with Crippen LogP contribution in [0, 0.1) is 0 Å². The second-order valence-electron chi connectivity index (χ2n) is 6.25. The summed E-state index contributed by atoms with van der Waals surface area (Å²) in [5.74, 6) is 0.0210. The van der Waals surface area contributed by atoms with Gasteiger partial charge < -0.3 is 5.73 Å². The maximum Gasteiger partial charge on any atom is 0.301 e. The highest BCUT2D eigenvalue weighted by molar-refractivity contribution is 7.90. The van der Waals surface area contributed by atoms with Crippen LogP contribution in [0.4, 0.5) is 11.4 Å². The second-order valence-corrected chi connectivity index (χ2v) is 7.92. The first-order valence-corrected chi connectivity index (χ1v) is 10.1. The number of hydrogen-bond donors (Lipinski definition) is 2. The van der Waals surface area contributed by atoms with Crippen LogP contribution in [0.5, 0.6) is 0 Å². The molecular formula is C17H27N3O3S. The van der Waals surface area contributed by atoms with Gasteiger partial charge >= 0.3 is 10.2 Å². The molecule has 1 aliphatic rings. The van der Waals surface area contributed by atoms with E-state index in [9.17, 15) is 13.2 Å². The van der Waals surface area contributed by atoms with E-state index in [2.05, 4.69) is 11.6 Å². The van der Waals surface area contributed by atoms with E-state index in [-0.39, 0.29) is 11.5 Å². The summed E-state index contributed by atoms with van der Waals surface area (Å²) in [5, 5.41) is 0. The molecule has 0 radical (unpaired) electrons. The molecule has 0 aliphatic carbocycles. The Bertz CT molecular complexity index is 668. The first kappa shape index (κ1) is 18.7. The minimum Gasteiger partial charge on any atom is -0.397 e. The molecule has 134 valence electrons. The molecule has 1 aromatic rings. The van der Waals surface area contributed by atoms with E-state index in [1.54, 1.807) is 18.2 Å². The van der Waals surface area contributed by atoms with Crippen molar-refractivity contribution >= 4 is 27.4 Å². The number of nitrogens with one attached hydrogen (secondary N) is 1. The van der Waals surface area contributed by atoms with E-state index in [1.807, 2.05) is 0 Å². The molecule has 6 nitrogen and oxygen atoms in total. The lowest BCUT2D eigenvalue weighted by atomic mass is 10.0. The average Bonchev–Trinajstić information content (AvgIpc) is 3.08. The molecule has 0 amide bonds. The van der Waals surface area contributed by atoms with Crippen LogP contribution in [-0.4, -0.2) is 31.6 Å². The van der Waals surface area contributed by atoms with Gasteiger partial charge in [0, 0.05) is 25.1 Å². The van der Waals surface area contributed by atoms with Gasteiger partial charge in [0.1, 0.15) is 0 Å². The van der Waals surface area contributed by atoms with Gasteiger partial charge in [-0.1, -0.05) is 26.2 Å². The minimum absolute atomic E-state index is 0.0210. The third-order valence-corrected chi connectivity index (χ3v) is 5.80. The Labute approximate surface area is 144 Å². The predicted octanol–water partition coefficient (Wildman–Crippen LogP) is 3.17. The Morgan fingerprint density at radius 2 is 1.92 bits per heavy atom. The molecule has 1 fully saturated rings. The molecule has 1 heterocycles. The van der Waals surface area contributed by atoms with Crippen molar-refractivity contribution in [3.63, 3.8) is 0 Å². The van der Waals surface area contributed by atoms with E-state index < -0.39 is 10.2 Å². The molecule has 0 atom stereocenters. The smallest absolute Gasteiger partial charge is 0.301 e. The Balaban J connectivity index is 2.06. The molecule has 0 unspecified atom stereocenters. The third-order valence-electron chi connectivity index (χ3n) is 4.28. The number of nitrogen functional groups attached to an aromatic ring is 1. The molecule has 24 heavy (non-hydrogen) atoms. The van der Waals surface area contributed by atoms with Gasteiger partial charge in [-0.2, -0.15) is 12.7 Å². The van der Waals surface area contributed by atoms with Gasteiger partial charge in [-0.25, -0.2) is 0 Å². The van der Waals surface area contributed by atoms with Crippen LogP contribution in [0.2, 0.25) is 0 Å². The molecule has 0 spiro atoms. The first-order valence-electron chi connectivity index (χ1n) is 8.64. The number of Topliss-reactive ketones (excluding diaryl/α,β-unsaturated/α-hetero) is 1. The fourth-order valence-electron chi connectivity index (χ4n) is 2.81. The SMILES string of the molecule is CCCCCCC(=O)c1ccc(N)c(NS(=O)(=O)N2CCCC2)c1. The second kappa shape index (κ2) is 8.48. The zero-order chi connectivity index (χ0) is 17.6. The van der Waals surface area contributed by atoms with Crippen LogP contribution in [0.3, 0.4) is 0 Å². The summed E-state index contributed by atoms with van der Waals surface area (Å²) in [6.07, 6.45) is 6.34. The summed E-state index contributed by atoms with van der Waals surface area (Å²) < 4.78 is 28.6. The molecule has 0 aromatic heterocycles. The van der Waals surface area contributed by atoms with Crippen LogP contribution >= 0.6 is 0 Å². The highest BCUT2D eigenvalue weighted by Gasteiger charge is 2.25. The van der Waals surface area contributed by atoms with E-state index in [0.717, 1.165) is 38.5 Å². The number of anilines is 2.